The molecule has 2 heteroatoms. The van der Waals surface area contributed by atoms with Crippen LogP contribution in [0.3, 0.4) is 0 Å². The van der Waals surface area contributed by atoms with Crippen LogP contribution in [0.4, 0.5) is 0 Å². The van der Waals surface area contributed by atoms with Gasteiger partial charge in [0.1, 0.15) is 0 Å². The predicted molar refractivity (Wildman–Crippen MR) is 85.3 cm³/mol. The van der Waals surface area contributed by atoms with Crippen LogP contribution in [-0.2, 0) is 11.2 Å². The molecule has 0 aromatic heterocycles. The standard InChI is InChI=1S/C18H29NO/c1-4-19-16(12-17-10-5-6-11-20-17)13-18-14(2)8-7-9-15(18)3/h7-9,16-17,19H,4-6,10-13H2,1-3H3. The fourth-order valence-corrected chi connectivity index (χ4v) is 3.26. The number of ether oxygens (including phenoxy) is 1. The summed E-state index contributed by atoms with van der Waals surface area (Å²) in [5.41, 5.74) is 4.34. The lowest BCUT2D eigenvalue weighted by Crippen LogP contribution is -2.36. The molecule has 1 saturated heterocycles. The average Bonchev–Trinajstić information content (AvgIpc) is 2.44. The second-order valence-electron chi connectivity index (χ2n) is 6.05. The van der Waals surface area contributed by atoms with E-state index in [9.17, 15) is 0 Å². The van der Waals surface area contributed by atoms with Crippen LogP contribution in [0.2, 0.25) is 0 Å². The molecule has 1 heterocycles. The molecule has 0 bridgehead atoms. The van der Waals surface area contributed by atoms with Gasteiger partial charge in [0.05, 0.1) is 6.10 Å². The third kappa shape index (κ3) is 4.32. The van der Waals surface area contributed by atoms with Crippen LogP contribution in [0, 0.1) is 13.8 Å². The molecule has 1 aromatic carbocycles. The molecule has 1 N–H and O–H groups in total. The summed E-state index contributed by atoms with van der Waals surface area (Å²) in [5, 5.41) is 3.65. The van der Waals surface area contributed by atoms with Crippen molar-refractivity contribution in [1.29, 1.82) is 0 Å². The van der Waals surface area contributed by atoms with Crippen LogP contribution in [0.5, 0.6) is 0 Å². The van der Waals surface area contributed by atoms with E-state index in [1.165, 1.54) is 36.0 Å². The van der Waals surface area contributed by atoms with E-state index in [1.807, 2.05) is 0 Å². The lowest BCUT2D eigenvalue weighted by molar-refractivity contribution is 0.00533. The molecular weight excluding hydrogens is 246 g/mol. The summed E-state index contributed by atoms with van der Waals surface area (Å²) in [5.74, 6) is 0. The number of rotatable bonds is 6. The summed E-state index contributed by atoms with van der Waals surface area (Å²) in [6.07, 6.45) is 6.51. The Morgan fingerprint density at radius 2 is 2.00 bits per heavy atom. The number of benzene rings is 1. The summed E-state index contributed by atoms with van der Waals surface area (Å²) in [6, 6.07) is 7.13. The van der Waals surface area contributed by atoms with Crippen LogP contribution >= 0.6 is 0 Å². The molecule has 20 heavy (non-hydrogen) atoms. The molecular formula is C18H29NO. The third-order valence-electron chi connectivity index (χ3n) is 4.41. The second kappa shape index (κ2) is 7.80. The largest absolute Gasteiger partial charge is 0.378 e. The Balaban J connectivity index is 2.00. The topological polar surface area (TPSA) is 21.3 Å². The zero-order valence-electron chi connectivity index (χ0n) is 13.2. The summed E-state index contributed by atoms with van der Waals surface area (Å²) < 4.78 is 5.91. The highest BCUT2D eigenvalue weighted by molar-refractivity contribution is 5.34. The van der Waals surface area contributed by atoms with Gasteiger partial charge >= 0.3 is 0 Å². The monoisotopic (exact) mass is 275 g/mol. The first-order valence-corrected chi connectivity index (χ1v) is 8.10. The van der Waals surface area contributed by atoms with Crippen molar-refractivity contribution in [3.63, 3.8) is 0 Å². The zero-order chi connectivity index (χ0) is 14.4. The van der Waals surface area contributed by atoms with E-state index in [1.54, 1.807) is 0 Å². The molecule has 0 amide bonds. The number of likely N-dealkylation sites (N-methyl/N-ethyl adjacent to an activating group) is 1. The van der Waals surface area contributed by atoms with Gasteiger partial charge in [-0.3, -0.25) is 0 Å². The molecule has 2 unspecified atom stereocenters. The minimum absolute atomic E-state index is 0.456. The fourth-order valence-electron chi connectivity index (χ4n) is 3.26. The fraction of sp³-hybridized carbons (Fsp3) is 0.667. The molecule has 0 saturated carbocycles. The molecule has 2 atom stereocenters. The van der Waals surface area contributed by atoms with Gasteiger partial charge in [-0.2, -0.15) is 0 Å². The molecule has 0 aliphatic carbocycles. The average molecular weight is 275 g/mol. The molecule has 2 nitrogen and oxygen atoms in total. The van der Waals surface area contributed by atoms with Gasteiger partial charge in [-0.05, 0) is 69.2 Å². The lowest BCUT2D eigenvalue weighted by atomic mass is 9.92. The van der Waals surface area contributed by atoms with Gasteiger partial charge in [-0.1, -0.05) is 25.1 Å². The molecule has 2 rings (SSSR count). The quantitative estimate of drug-likeness (QED) is 0.853. The van der Waals surface area contributed by atoms with Crippen molar-refractivity contribution < 1.29 is 4.74 Å². The Morgan fingerprint density at radius 1 is 1.25 bits per heavy atom. The molecule has 1 aliphatic heterocycles. The van der Waals surface area contributed by atoms with E-state index in [0.717, 1.165) is 26.0 Å². The van der Waals surface area contributed by atoms with Crippen LogP contribution in [-0.4, -0.2) is 25.3 Å². The van der Waals surface area contributed by atoms with Gasteiger partial charge in [0, 0.05) is 12.6 Å². The highest BCUT2D eigenvalue weighted by atomic mass is 16.5. The van der Waals surface area contributed by atoms with Crippen LogP contribution in [0.25, 0.3) is 0 Å². The van der Waals surface area contributed by atoms with Gasteiger partial charge in [0.15, 0.2) is 0 Å². The Kier molecular flexibility index (Phi) is 6.06. The van der Waals surface area contributed by atoms with E-state index < -0.39 is 0 Å². The first-order valence-electron chi connectivity index (χ1n) is 8.10. The maximum absolute atomic E-state index is 5.91. The van der Waals surface area contributed by atoms with Crippen molar-refractivity contribution in [3.05, 3.63) is 34.9 Å². The summed E-state index contributed by atoms with van der Waals surface area (Å²) in [4.78, 5) is 0. The highest BCUT2D eigenvalue weighted by Crippen LogP contribution is 2.21. The van der Waals surface area contributed by atoms with Crippen molar-refractivity contribution in [1.82, 2.24) is 5.32 Å². The minimum Gasteiger partial charge on any atom is -0.378 e. The Labute approximate surface area is 123 Å². The smallest absolute Gasteiger partial charge is 0.0590 e. The van der Waals surface area contributed by atoms with Crippen molar-refractivity contribution in [2.24, 2.45) is 0 Å². The van der Waals surface area contributed by atoms with Crippen LogP contribution in [0.15, 0.2) is 18.2 Å². The zero-order valence-corrected chi connectivity index (χ0v) is 13.2. The van der Waals surface area contributed by atoms with E-state index in [2.05, 4.69) is 44.3 Å². The second-order valence-corrected chi connectivity index (χ2v) is 6.05. The van der Waals surface area contributed by atoms with Gasteiger partial charge < -0.3 is 10.1 Å². The first-order chi connectivity index (χ1) is 9.70. The Bertz CT molecular complexity index is 390. The number of aryl methyl sites for hydroxylation is 2. The molecule has 0 spiro atoms. The minimum atomic E-state index is 0.456. The van der Waals surface area contributed by atoms with Crippen LogP contribution < -0.4 is 5.32 Å². The highest BCUT2D eigenvalue weighted by Gasteiger charge is 2.20. The Hall–Kier alpha value is -0.860. The lowest BCUT2D eigenvalue weighted by Gasteiger charge is -2.28. The van der Waals surface area contributed by atoms with E-state index in [4.69, 9.17) is 4.74 Å². The van der Waals surface area contributed by atoms with Crippen LogP contribution in [0.1, 0.15) is 49.3 Å². The first kappa shape index (κ1) is 15.5. The normalized spacial score (nSPS) is 20.9. The number of hydrogen-bond donors (Lipinski definition) is 1. The number of hydrogen-bond acceptors (Lipinski definition) is 2. The molecule has 1 fully saturated rings. The summed E-state index contributed by atoms with van der Waals surface area (Å²) >= 11 is 0. The third-order valence-corrected chi connectivity index (χ3v) is 4.41. The van der Waals surface area contributed by atoms with Crippen molar-refractivity contribution in [2.75, 3.05) is 13.2 Å². The van der Waals surface area contributed by atoms with Crippen molar-refractivity contribution in [3.8, 4) is 0 Å². The molecule has 1 aromatic rings. The van der Waals surface area contributed by atoms with E-state index >= 15 is 0 Å². The summed E-state index contributed by atoms with van der Waals surface area (Å²) in [6.45, 7) is 8.62. The molecule has 0 radical (unpaired) electrons. The molecule has 1 aliphatic rings. The number of nitrogens with one attached hydrogen (secondary N) is 1. The van der Waals surface area contributed by atoms with E-state index in [-0.39, 0.29) is 0 Å². The van der Waals surface area contributed by atoms with Gasteiger partial charge in [0.2, 0.25) is 0 Å². The van der Waals surface area contributed by atoms with Gasteiger partial charge in [0.25, 0.3) is 0 Å². The van der Waals surface area contributed by atoms with Crippen molar-refractivity contribution >= 4 is 0 Å². The van der Waals surface area contributed by atoms with Gasteiger partial charge in [-0.25, -0.2) is 0 Å². The van der Waals surface area contributed by atoms with E-state index in [0.29, 0.717) is 12.1 Å². The van der Waals surface area contributed by atoms with Crippen molar-refractivity contribution in [2.45, 2.75) is 65.0 Å². The molecule has 112 valence electrons. The predicted octanol–water partition coefficient (Wildman–Crippen LogP) is 3.78. The maximum Gasteiger partial charge on any atom is 0.0590 e. The van der Waals surface area contributed by atoms with Gasteiger partial charge in [-0.15, -0.1) is 0 Å². The Morgan fingerprint density at radius 3 is 2.60 bits per heavy atom. The maximum atomic E-state index is 5.91. The summed E-state index contributed by atoms with van der Waals surface area (Å²) in [7, 11) is 0. The SMILES string of the molecule is CCNC(Cc1c(C)cccc1C)CC1CCCCO1.